The first kappa shape index (κ1) is 13.7. The lowest BCUT2D eigenvalue weighted by Gasteiger charge is -2.33. The minimum atomic E-state index is -0.417. The van der Waals surface area contributed by atoms with Crippen LogP contribution in [0.3, 0.4) is 0 Å². The maximum atomic E-state index is 6.01. The molecule has 3 fully saturated rings. The van der Waals surface area contributed by atoms with E-state index in [2.05, 4.69) is 10.5 Å². The molecule has 0 aromatic carbocycles. The average molecular weight is 293 g/mol. The molecule has 0 spiro atoms. The summed E-state index contributed by atoms with van der Waals surface area (Å²) in [5, 5.41) is 7.89. The summed E-state index contributed by atoms with van der Waals surface area (Å²) in [7, 11) is 0. The van der Waals surface area contributed by atoms with Gasteiger partial charge in [0.2, 0.25) is 11.7 Å². The molecule has 0 saturated carbocycles. The van der Waals surface area contributed by atoms with Gasteiger partial charge in [0.15, 0.2) is 0 Å². The largest absolute Gasteiger partial charge is 0.381 e. The maximum Gasteiger partial charge on any atom is 0.231 e. The van der Waals surface area contributed by atoms with Crippen LogP contribution in [0.25, 0.3) is 0 Å². The first-order valence-electron chi connectivity index (χ1n) is 8.12. The predicted octanol–water partition coefficient (Wildman–Crippen LogP) is 1.72. The van der Waals surface area contributed by atoms with Crippen LogP contribution in [0.15, 0.2) is 4.52 Å². The summed E-state index contributed by atoms with van der Waals surface area (Å²) in [6.07, 6.45) is 5.22. The monoisotopic (exact) mass is 293 g/mol. The molecule has 0 aliphatic carbocycles. The number of ether oxygens (including phenoxy) is 2. The van der Waals surface area contributed by atoms with E-state index in [-0.39, 0.29) is 0 Å². The molecule has 3 unspecified atom stereocenters. The second-order valence-electron chi connectivity index (χ2n) is 6.39. The van der Waals surface area contributed by atoms with E-state index in [9.17, 15) is 0 Å². The number of hydrogen-bond donors (Lipinski definition) is 1. The highest BCUT2D eigenvalue weighted by atomic mass is 16.5. The smallest absolute Gasteiger partial charge is 0.231 e. The van der Waals surface area contributed by atoms with Crippen molar-refractivity contribution in [2.75, 3.05) is 19.8 Å². The van der Waals surface area contributed by atoms with E-state index >= 15 is 0 Å². The minimum Gasteiger partial charge on any atom is -0.381 e. The second kappa shape index (κ2) is 5.34. The first-order chi connectivity index (χ1) is 10.3. The molecule has 3 saturated heterocycles. The van der Waals surface area contributed by atoms with Gasteiger partial charge in [-0.1, -0.05) is 5.16 Å². The van der Waals surface area contributed by atoms with Crippen molar-refractivity contribution in [2.45, 2.75) is 62.6 Å². The zero-order valence-electron chi connectivity index (χ0n) is 12.5. The summed E-state index contributed by atoms with van der Waals surface area (Å²) in [4.78, 5) is 4.73. The zero-order chi connectivity index (χ0) is 14.3. The van der Waals surface area contributed by atoms with Gasteiger partial charge in [-0.05, 0) is 26.2 Å². The molecule has 2 bridgehead atoms. The molecular weight excluding hydrogens is 270 g/mol. The standard InChI is InChI=1S/C15H23N3O3/c1-2-20-15(5-7-19-8-6-15)14-17-13(21-18-14)11-9-10-3-4-12(11)16-10/h10-12,16H,2-9H2,1H3. The van der Waals surface area contributed by atoms with Crippen molar-refractivity contribution in [3.8, 4) is 0 Å². The fraction of sp³-hybridized carbons (Fsp3) is 0.867. The third-order valence-electron chi connectivity index (χ3n) is 5.19. The van der Waals surface area contributed by atoms with Crippen molar-refractivity contribution in [2.24, 2.45) is 0 Å². The SMILES string of the molecule is CCOC1(c2noc(C3CC4CCC3N4)n2)CCOCC1. The molecule has 4 rings (SSSR count). The Kier molecular flexibility index (Phi) is 3.47. The van der Waals surface area contributed by atoms with Gasteiger partial charge in [0.25, 0.3) is 0 Å². The molecule has 1 aromatic heterocycles. The summed E-state index contributed by atoms with van der Waals surface area (Å²) < 4.78 is 17.1. The van der Waals surface area contributed by atoms with Crippen LogP contribution in [-0.4, -0.2) is 42.0 Å². The Hall–Kier alpha value is -0.980. The maximum absolute atomic E-state index is 6.01. The lowest BCUT2D eigenvalue weighted by molar-refractivity contribution is -0.118. The van der Waals surface area contributed by atoms with Gasteiger partial charge in [-0.25, -0.2) is 0 Å². The second-order valence-corrected chi connectivity index (χ2v) is 6.39. The molecule has 3 atom stereocenters. The van der Waals surface area contributed by atoms with E-state index in [0.29, 0.717) is 43.6 Å². The molecule has 1 aromatic rings. The Morgan fingerprint density at radius 2 is 2.19 bits per heavy atom. The molecule has 1 N–H and O–H groups in total. The quantitative estimate of drug-likeness (QED) is 0.911. The molecule has 3 aliphatic rings. The molecule has 0 amide bonds. The van der Waals surface area contributed by atoms with Gasteiger partial charge in [-0.2, -0.15) is 4.98 Å². The van der Waals surface area contributed by atoms with Crippen LogP contribution in [0.4, 0.5) is 0 Å². The van der Waals surface area contributed by atoms with Crippen molar-refractivity contribution in [1.29, 1.82) is 0 Å². The van der Waals surface area contributed by atoms with Gasteiger partial charge >= 0.3 is 0 Å². The van der Waals surface area contributed by atoms with Crippen molar-refractivity contribution in [1.82, 2.24) is 15.5 Å². The first-order valence-corrected chi connectivity index (χ1v) is 8.12. The highest BCUT2D eigenvalue weighted by molar-refractivity contribution is 5.12. The van der Waals surface area contributed by atoms with Gasteiger partial charge in [-0.15, -0.1) is 0 Å². The summed E-state index contributed by atoms with van der Waals surface area (Å²) in [5.41, 5.74) is -0.417. The molecule has 0 radical (unpaired) electrons. The zero-order valence-corrected chi connectivity index (χ0v) is 12.5. The van der Waals surface area contributed by atoms with E-state index in [4.69, 9.17) is 19.0 Å². The molecule has 21 heavy (non-hydrogen) atoms. The van der Waals surface area contributed by atoms with E-state index in [1.807, 2.05) is 6.92 Å². The lowest BCUT2D eigenvalue weighted by atomic mass is 9.89. The number of hydrogen-bond acceptors (Lipinski definition) is 6. The number of rotatable bonds is 4. The van der Waals surface area contributed by atoms with Crippen molar-refractivity contribution in [3.05, 3.63) is 11.7 Å². The third kappa shape index (κ3) is 2.29. The van der Waals surface area contributed by atoms with E-state index in [1.54, 1.807) is 0 Å². The Morgan fingerprint density at radius 3 is 2.86 bits per heavy atom. The molecule has 6 nitrogen and oxygen atoms in total. The van der Waals surface area contributed by atoms with Gasteiger partial charge in [0, 0.05) is 44.7 Å². The van der Waals surface area contributed by atoms with Crippen LogP contribution in [0.5, 0.6) is 0 Å². The Labute approximate surface area is 124 Å². The van der Waals surface area contributed by atoms with Crippen LogP contribution in [0.2, 0.25) is 0 Å². The third-order valence-corrected chi connectivity index (χ3v) is 5.19. The van der Waals surface area contributed by atoms with Crippen LogP contribution in [0.1, 0.15) is 56.7 Å². The van der Waals surface area contributed by atoms with Crippen molar-refractivity contribution < 1.29 is 14.0 Å². The molecule has 116 valence electrons. The van der Waals surface area contributed by atoms with Crippen molar-refractivity contribution >= 4 is 0 Å². The van der Waals surface area contributed by atoms with Crippen LogP contribution in [-0.2, 0) is 15.1 Å². The van der Waals surface area contributed by atoms with Gasteiger partial charge in [-0.3, -0.25) is 0 Å². The van der Waals surface area contributed by atoms with Gasteiger partial charge < -0.3 is 19.3 Å². The normalized spacial score (nSPS) is 34.4. The fourth-order valence-electron chi connectivity index (χ4n) is 4.08. The molecule has 4 heterocycles. The van der Waals surface area contributed by atoms with Crippen LogP contribution >= 0.6 is 0 Å². The van der Waals surface area contributed by atoms with E-state index in [0.717, 1.165) is 25.2 Å². The summed E-state index contributed by atoms with van der Waals surface area (Å²) in [6.45, 7) is 4.05. The fourth-order valence-corrected chi connectivity index (χ4v) is 4.08. The predicted molar refractivity (Wildman–Crippen MR) is 75.0 cm³/mol. The summed E-state index contributed by atoms with van der Waals surface area (Å²) >= 11 is 0. The molecular formula is C15H23N3O3. The lowest BCUT2D eigenvalue weighted by Crippen LogP contribution is -2.37. The van der Waals surface area contributed by atoms with Crippen molar-refractivity contribution in [3.63, 3.8) is 0 Å². The number of fused-ring (bicyclic) bond motifs is 2. The highest BCUT2D eigenvalue weighted by Gasteiger charge is 2.45. The van der Waals surface area contributed by atoms with Gasteiger partial charge in [0.05, 0.1) is 5.92 Å². The Morgan fingerprint density at radius 1 is 1.33 bits per heavy atom. The average Bonchev–Trinajstić information content (AvgIpc) is 3.24. The highest BCUT2D eigenvalue weighted by Crippen LogP contribution is 2.41. The Bertz CT molecular complexity index is 493. The number of aromatic nitrogens is 2. The molecule has 6 heteroatoms. The van der Waals surface area contributed by atoms with E-state index < -0.39 is 5.60 Å². The number of nitrogens with one attached hydrogen (secondary N) is 1. The number of nitrogens with zero attached hydrogens (tertiary/aromatic N) is 2. The summed E-state index contributed by atoms with van der Waals surface area (Å²) in [5.74, 6) is 1.88. The minimum absolute atomic E-state index is 0.378. The van der Waals surface area contributed by atoms with Gasteiger partial charge in [0.1, 0.15) is 5.60 Å². The summed E-state index contributed by atoms with van der Waals surface area (Å²) in [6, 6.07) is 1.15. The van der Waals surface area contributed by atoms with Crippen LogP contribution < -0.4 is 5.32 Å². The van der Waals surface area contributed by atoms with Crippen LogP contribution in [0, 0.1) is 0 Å². The van der Waals surface area contributed by atoms with E-state index in [1.165, 1.54) is 12.8 Å². The topological polar surface area (TPSA) is 69.4 Å². The molecule has 3 aliphatic heterocycles. The Balaban J connectivity index is 1.57.